The van der Waals surface area contributed by atoms with E-state index in [1.807, 2.05) is 81.4 Å². The van der Waals surface area contributed by atoms with Crippen molar-refractivity contribution in [3.05, 3.63) is 129 Å². The maximum absolute atomic E-state index is 14.7. The lowest BCUT2D eigenvalue weighted by Gasteiger charge is -2.34. The molecule has 0 saturated heterocycles. The minimum atomic E-state index is -4.15. The van der Waals surface area contributed by atoms with Crippen molar-refractivity contribution in [1.29, 1.82) is 0 Å². The van der Waals surface area contributed by atoms with Crippen molar-refractivity contribution in [3.63, 3.8) is 0 Å². The molecule has 0 aliphatic heterocycles. The number of sulfonamides is 1. The summed E-state index contributed by atoms with van der Waals surface area (Å²) < 4.78 is 30.6. The zero-order valence-corrected chi connectivity index (χ0v) is 29.6. The highest BCUT2D eigenvalue weighted by molar-refractivity contribution is 9.10. The Morgan fingerprint density at radius 1 is 0.830 bits per heavy atom. The Labute approximate surface area is 287 Å². The molecule has 0 aromatic heterocycles. The van der Waals surface area contributed by atoms with Crippen LogP contribution in [-0.2, 0) is 32.6 Å². The van der Waals surface area contributed by atoms with E-state index in [2.05, 4.69) is 21.2 Å². The number of rotatable bonds is 12. The average Bonchev–Trinajstić information content (AvgIpc) is 3.56. The first-order chi connectivity index (χ1) is 22.5. The summed E-state index contributed by atoms with van der Waals surface area (Å²) in [5, 5.41) is 3.22. The van der Waals surface area contributed by atoms with Crippen molar-refractivity contribution in [3.8, 4) is 0 Å². The fraction of sp³-hybridized carbons (Fsp3) is 0.316. The number of nitrogens with zero attached hydrogens (tertiary/aromatic N) is 2. The molecule has 2 amide bonds. The summed E-state index contributed by atoms with van der Waals surface area (Å²) >= 11 is 3.54. The summed E-state index contributed by atoms with van der Waals surface area (Å²) in [7, 11) is -4.15. The molecule has 0 bridgehead atoms. The van der Waals surface area contributed by atoms with Crippen LogP contribution in [0.1, 0.15) is 53.5 Å². The molecular weight excluding hydrogens is 674 g/mol. The molecule has 47 heavy (non-hydrogen) atoms. The predicted molar refractivity (Wildman–Crippen MR) is 191 cm³/mol. The first-order valence-electron chi connectivity index (χ1n) is 16.1. The first kappa shape index (κ1) is 34.4. The van der Waals surface area contributed by atoms with Gasteiger partial charge in [0.1, 0.15) is 12.6 Å². The number of benzene rings is 4. The van der Waals surface area contributed by atoms with Gasteiger partial charge in [0.15, 0.2) is 0 Å². The Kier molecular flexibility index (Phi) is 11.2. The second-order valence-electron chi connectivity index (χ2n) is 12.4. The van der Waals surface area contributed by atoms with Gasteiger partial charge in [0, 0.05) is 23.5 Å². The van der Waals surface area contributed by atoms with Gasteiger partial charge in [0.05, 0.1) is 10.6 Å². The largest absolute Gasteiger partial charge is 0.352 e. The van der Waals surface area contributed by atoms with Gasteiger partial charge in [-0.15, -0.1) is 0 Å². The molecule has 0 radical (unpaired) electrons. The van der Waals surface area contributed by atoms with Gasteiger partial charge >= 0.3 is 0 Å². The van der Waals surface area contributed by atoms with E-state index in [0.29, 0.717) is 5.69 Å². The van der Waals surface area contributed by atoms with E-state index in [1.165, 1.54) is 4.31 Å². The van der Waals surface area contributed by atoms with Crippen molar-refractivity contribution in [1.82, 2.24) is 10.2 Å². The number of aryl methyl sites for hydroxylation is 3. The molecule has 9 heteroatoms. The monoisotopic (exact) mass is 715 g/mol. The van der Waals surface area contributed by atoms with Crippen molar-refractivity contribution in [2.24, 2.45) is 0 Å². The number of carbonyl (C=O) groups is 2. The molecule has 1 fully saturated rings. The Morgan fingerprint density at radius 2 is 1.51 bits per heavy atom. The van der Waals surface area contributed by atoms with E-state index in [1.54, 1.807) is 41.3 Å². The van der Waals surface area contributed by atoms with Gasteiger partial charge in [0.2, 0.25) is 11.8 Å². The number of anilines is 1. The van der Waals surface area contributed by atoms with Crippen LogP contribution in [0.5, 0.6) is 0 Å². The maximum atomic E-state index is 14.7. The normalized spacial score (nSPS) is 14.0. The van der Waals surface area contributed by atoms with E-state index in [4.69, 9.17) is 0 Å². The number of nitrogens with one attached hydrogen (secondary N) is 1. The lowest BCUT2D eigenvalue weighted by atomic mass is 10.0. The number of hydrogen-bond donors (Lipinski definition) is 1. The van der Waals surface area contributed by atoms with E-state index in [9.17, 15) is 18.0 Å². The standard InChI is InChI=1S/C38H42BrN3O4S/c1-27-16-20-35(21-17-27)47(45,46)42(34-19-18-28(2)29(3)22-34)26-37(43)41(25-31-12-9-13-32(39)23-31)36(24-30-10-5-4-6-11-30)38(44)40-33-14-7-8-15-33/h4-6,9-13,16-23,33,36H,7-8,14-15,24-26H2,1-3H3,(H,40,44). The molecule has 1 aliphatic carbocycles. The average molecular weight is 717 g/mol. The molecule has 5 rings (SSSR count). The van der Waals surface area contributed by atoms with Crippen LogP contribution >= 0.6 is 15.9 Å². The zero-order chi connectivity index (χ0) is 33.6. The van der Waals surface area contributed by atoms with Crippen molar-refractivity contribution >= 4 is 43.5 Å². The van der Waals surface area contributed by atoms with Crippen molar-refractivity contribution in [2.45, 2.75) is 76.4 Å². The van der Waals surface area contributed by atoms with E-state index < -0.39 is 28.5 Å². The van der Waals surface area contributed by atoms with E-state index in [-0.39, 0.29) is 29.8 Å². The second kappa shape index (κ2) is 15.3. The third-order valence-electron chi connectivity index (χ3n) is 8.88. The van der Waals surface area contributed by atoms with Crippen LogP contribution in [0.15, 0.2) is 106 Å². The minimum absolute atomic E-state index is 0.0533. The third kappa shape index (κ3) is 8.70. The van der Waals surface area contributed by atoms with Gasteiger partial charge in [-0.2, -0.15) is 0 Å². The molecule has 0 spiro atoms. The number of carbonyl (C=O) groups excluding carboxylic acids is 2. The van der Waals surface area contributed by atoms with Crippen LogP contribution in [0.4, 0.5) is 5.69 Å². The number of halogens is 1. The van der Waals surface area contributed by atoms with E-state index in [0.717, 1.165) is 58.0 Å². The van der Waals surface area contributed by atoms with Crippen molar-refractivity contribution in [2.75, 3.05) is 10.8 Å². The lowest BCUT2D eigenvalue weighted by Crippen LogP contribution is -2.54. The Morgan fingerprint density at radius 3 is 2.17 bits per heavy atom. The molecule has 1 unspecified atom stereocenters. The number of hydrogen-bond acceptors (Lipinski definition) is 4. The molecule has 246 valence electrons. The van der Waals surface area contributed by atoms with Crippen LogP contribution in [0.2, 0.25) is 0 Å². The predicted octanol–water partition coefficient (Wildman–Crippen LogP) is 7.27. The fourth-order valence-corrected chi connectivity index (χ4v) is 7.85. The number of amides is 2. The second-order valence-corrected chi connectivity index (χ2v) is 15.2. The summed E-state index contributed by atoms with van der Waals surface area (Å²) in [5.41, 5.74) is 4.95. The fourth-order valence-electron chi connectivity index (χ4n) is 6.00. The van der Waals surface area contributed by atoms with Gasteiger partial charge in [-0.25, -0.2) is 8.42 Å². The highest BCUT2D eigenvalue weighted by atomic mass is 79.9. The van der Waals surface area contributed by atoms with Gasteiger partial charge < -0.3 is 10.2 Å². The topological polar surface area (TPSA) is 86.8 Å². The molecule has 1 saturated carbocycles. The van der Waals surface area contributed by atoms with Crippen LogP contribution in [0, 0.1) is 20.8 Å². The maximum Gasteiger partial charge on any atom is 0.264 e. The van der Waals surface area contributed by atoms with Crippen LogP contribution in [0.25, 0.3) is 0 Å². The molecule has 0 heterocycles. The first-order valence-corrected chi connectivity index (χ1v) is 18.3. The zero-order valence-electron chi connectivity index (χ0n) is 27.2. The molecular formula is C38H42BrN3O4S. The summed E-state index contributed by atoms with van der Waals surface area (Å²) in [6.07, 6.45) is 4.19. The third-order valence-corrected chi connectivity index (χ3v) is 11.2. The van der Waals surface area contributed by atoms with Crippen LogP contribution in [-0.4, -0.2) is 43.8 Å². The Bertz CT molecular complexity index is 1810. The van der Waals surface area contributed by atoms with Gasteiger partial charge in [-0.3, -0.25) is 13.9 Å². The van der Waals surface area contributed by atoms with E-state index >= 15 is 0 Å². The van der Waals surface area contributed by atoms with Gasteiger partial charge in [0.25, 0.3) is 10.0 Å². The molecule has 4 aromatic rings. The lowest BCUT2D eigenvalue weighted by molar-refractivity contribution is -0.140. The van der Waals surface area contributed by atoms with Gasteiger partial charge in [-0.05, 0) is 92.3 Å². The summed E-state index contributed by atoms with van der Waals surface area (Å²) in [4.78, 5) is 30.5. The highest BCUT2D eigenvalue weighted by Crippen LogP contribution is 2.28. The summed E-state index contributed by atoms with van der Waals surface area (Å²) in [6.45, 7) is 5.42. The Balaban J connectivity index is 1.58. The minimum Gasteiger partial charge on any atom is -0.352 e. The summed E-state index contributed by atoms with van der Waals surface area (Å²) in [5.74, 6) is -0.704. The molecule has 1 aliphatic rings. The van der Waals surface area contributed by atoms with Gasteiger partial charge in [-0.1, -0.05) is 95.0 Å². The molecule has 7 nitrogen and oxygen atoms in total. The SMILES string of the molecule is Cc1ccc(S(=O)(=O)N(CC(=O)N(Cc2cccc(Br)c2)C(Cc2ccccc2)C(=O)NC2CCCC2)c2ccc(C)c(C)c2)cc1. The smallest absolute Gasteiger partial charge is 0.264 e. The Hall–Kier alpha value is -3.95. The van der Waals surface area contributed by atoms with Crippen LogP contribution < -0.4 is 9.62 Å². The molecule has 4 aromatic carbocycles. The molecule has 1 N–H and O–H groups in total. The van der Waals surface area contributed by atoms with Crippen LogP contribution in [0.3, 0.4) is 0 Å². The quantitative estimate of drug-likeness (QED) is 0.167. The summed E-state index contributed by atoms with van der Waals surface area (Å²) in [6, 6.07) is 28.4. The molecule has 1 atom stereocenters. The van der Waals surface area contributed by atoms with Crippen molar-refractivity contribution < 1.29 is 18.0 Å². The highest BCUT2D eigenvalue weighted by Gasteiger charge is 2.35.